The van der Waals surface area contributed by atoms with Crippen molar-refractivity contribution in [3.05, 3.63) is 34.4 Å². The Hall–Kier alpha value is -0.160. The van der Waals surface area contributed by atoms with Crippen molar-refractivity contribution in [3.63, 3.8) is 0 Å². The molecular weight excluding hydrogens is 288 g/mol. The molecule has 2 atom stereocenters. The molecule has 0 amide bonds. The molecule has 0 N–H and O–H groups in total. The Labute approximate surface area is 130 Å². The maximum atomic E-state index is 5.25. The summed E-state index contributed by atoms with van der Waals surface area (Å²) in [5.74, 6) is 4.49. The fourth-order valence-electron chi connectivity index (χ4n) is 2.18. The topological polar surface area (TPSA) is 25.1 Å². The highest BCUT2D eigenvalue weighted by Gasteiger charge is 2.22. The van der Waals surface area contributed by atoms with Gasteiger partial charge < -0.3 is 9.47 Å². The largest absolute Gasteiger partial charge is 0.372 e. The van der Waals surface area contributed by atoms with Crippen LogP contribution < -0.4 is 0 Å². The van der Waals surface area contributed by atoms with Gasteiger partial charge in [0.15, 0.2) is 0 Å². The van der Waals surface area contributed by atoms with Crippen molar-refractivity contribution < 1.29 is 9.47 Å². The smallest absolute Gasteiger partial charge is 0.0900 e. The second-order valence-electron chi connectivity index (χ2n) is 5.65. The normalized spacial score (nSPS) is 23.9. The van der Waals surface area contributed by atoms with Gasteiger partial charge in [-0.2, -0.15) is 23.5 Å². The second kappa shape index (κ2) is 6.73. The number of benzene rings is 1. The van der Waals surface area contributed by atoms with Gasteiger partial charge in [-0.1, -0.05) is 12.1 Å². The quantitative estimate of drug-likeness (QED) is 0.685. The minimum atomic E-state index is 0.529. The third-order valence-corrected chi connectivity index (χ3v) is 5.97. The van der Waals surface area contributed by atoms with Gasteiger partial charge in [-0.3, -0.25) is 0 Å². The van der Waals surface area contributed by atoms with Crippen LogP contribution >= 0.6 is 23.5 Å². The molecule has 4 heteroatoms. The van der Waals surface area contributed by atoms with E-state index in [4.69, 9.17) is 9.47 Å². The van der Waals surface area contributed by atoms with Gasteiger partial charge >= 0.3 is 0 Å². The zero-order chi connectivity index (χ0) is 13.9. The molecule has 2 nitrogen and oxygen atoms in total. The van der Waals surface area contributed by atoms with E-state index in [1.807, 2.05) is 23.5 Å². The van der Waals surface area contributed by atoms with E-state index in [2.05, 4.69) is 26.0 Å². The molecule has 0 saturated carbocycles. The van der Waals surface area contributed by atoms with E-state index in [0.717, 1.165) is 36.2 Å². The summed E-state index contributed by atoms with van der Waals surface area (Å²) < 4.78 is 10.5. The molecule has 2 aliphatic rings. The first-order valence-corrected chi connectivity index (χ1v) is 9.51. The number of aryl methyl sites for hydroxylation is 2. The van der Waals surface area contributed by atoms with Crippen molar-refractivity contribution in [2.45, 2.75) is 37.6 Å². The predicted octanol–water partition coefficient (Wildman–Crippen LogP) is 3.57. The molecule has 2 saturated heterocycles. The van der Waals surface area contributed by atoms with E-state index in [9.17, 15) is 0 Å². The average Bonchev–Trinajstić information content (AvgIpc) is 3.28. The van der Waals surface area contributed by atoms with Crippen LogP contribution in [0, 0.1) is 13.8 Å². The van der Waals surface area contributed by atoms with Crippen molar-refractivity contribution in [2.75, 3.05) is 24.7 Å². The van der Waals surface area contributed by atoms with E-state index in [0.29, 0.717) is 12.2 Å². The van der Waals surface area contributed by atoms with Gasteiger partial charge in [0, 0.05) is 23.0 Å². The molecule has 3 rings (SSSR count). The van der Waals surface area contributed by atoms with Gasteiger partial charge in [-0.15, -0.1) is 0 Å². The highest BCUT2D eigenvalue weighted by molar-refractivity contribution is 7.98. The zero-order valence-corrected chi connectivity index (χ0v) is 13.8. The van der Waals surface area contributed by atoms with Gasteiger partial charge in [0.1, 0.15) is 0 Å². The van der Waals surface area contributed by atoms with Crippen LogP contribution in [0.3, 0.4) is 0 Å². The molecule has 110 valence electrons. The van der Waals surface area contributed by atoms with Gasteiger partial charge in [0.25, 0.3) is 0 Å². The molecule has 1 aromatic carbocycles. The summed E-state index contributed by atoms with van der Waals surface area (Å²) in [5, 5.41) is 0. The lowest BCUT2D eigenvalue weighted by Crippen LogP contribution is -1.97. The van der Waals surface area contributed by atoms with E-state index >= 15 is 0 Å². The second-order valence-corrected chi connectivity index (χ2v) is 7.71. The number of rotatable bonds is 8. The zero-order valence-electron chi connectivity index (χ0n) is 12.2. The third kappa shape index (κ3) is 4.42. The molecule has 2 unspecified atom stereocenters. The van der Waals surface area contributed by atoms with Crippen LogP contribution in [0.5, 0.6) is 0 Å². The Bertz CT molecular complexity index is 424. The average molecular weight is 310 g/mol. The van der Waals surface area contributed by atoms with Crippen molar-refractivity contribution in [3.8, 4) is 0 Å². The van der Waals surface area contributed by atoms with Crippen molar-refractivity contribution in [1.82, 2.24) is 0 Å². The molecule has 0 aliphatic carbocycles. The molecule has 0 bridgehead atoms. The first-order chi connectivity index (χ1) is 9.72. The summed E-state index contributed by atoms with van der Waals surface area (Å²) in [6.45, 7) is 6.40. The summed E-state index contributed by atoms with van der Waals surface area (Å²) in [5.41, 5.74) is 5.82. The Kier molecular flexibility index (Phi) is 4.97. The van der Waals surface area contributed by atoms with Crippen molar-refractivity contribution in [1.29, 1.82) is 0 Å². The van der Waals surface area contributed by atoms with E-state index < -0.39 is 0 Å². The lowest BCUT2D eigenvalue weighted by atomic mass is 10.0. The number of hydrogen-bond donors (Lipinski definition) is 0. The van der Waals surface area contributed by atoms with Crippen LogP contribution in [-0.4, -0.2) is 36.9 Å². The van der Waals surface area contributed by atoms with Gasteiger partial charge in [-0.25, -0.2) is 0 Å². The number of ether oxygens (including phenoxy) is 2. The van der Waals surface area contributed by atoms with Crippen LogP contribution in [0.1, 0.15) is 22.3 Å². The van der Waals surface area contributed by atoms with Crippen molar-refractivity contribution >= 4 is 23.5 Å². The van der Waals surface area contributed by atoms with Gasteiger partial charge in [0.05, 0.1) is 25.4 Å². The first kappa shape index (κ1) is 14.8. The summed E-state index contributed by atoms with van der Waals surface area (Å²) in [7, 11) is 0. The monoisotopic (exact) mass is 310 g/mol. The fourth-order valence-corrected chi connectivity index (χ4v) is 4.38. The lowest BCUT2D eigenvalue weighted by Gasteiger charge is -2.12. The Morgan fingerprint density at radius 1 is 0.900 bits per heavy atom. The molecule has 2 aliphatic heterocycles. The Balaban J connectivity index is 1.52. The van der Waals surface area contributed by atoms with Gasteiger partial charge in [0.2, 0.25) is 0 Å². The molecule has 0 spiro atoms. The minimum absolute atomic E-state index is 0.529. The molecule has 2 fully saturated rings. The van der Waals surface area contributed by atoms with Crippen LogP contribution in [0.15, 0.2) is 12.1 Å². The van der Waals surface area contributed by atoms with E-state index in [1.54, 1.807) is 0 Å². The third-order valence-electron chi connectivity index (χ3n) is 3.72. The summed E-state index contributed by atoms with van der Waals surface area (Å²) >= 11 is 3.98. The fraction of sp³-hybridized carbons (Fsp3) is 0.625. The van der Waals surface area contributed by atoms with Crippen LogP contribution in [0.2, 0.25) is 0 Å². The van der Waals surface area contributed by atoms with Crippen molar-refractivity contribution in [2.24, 2.45) is 0 Å². The van der Waals surface area contributed by atoms with E-state index in [1.165, 1.54) is 22.3 Å². The summed E-state index contributed by atoms with van der Waals surface area (Å²) in [6.07, 6.45) is 1.06. The molecule has 2 heterocycles. The number of epoxide rings is 2. The van der Waals surface area contributed by atoms with Crippen LogP contribution in [-0.2, 0) is 21.0 Å². The SMILES string of the molecule is Cc1cc(CSCC2CO2)c(C)cc1CSCC1CO1. The van der Waals surface area contributed by atoms with E-state index in [-0.39, 0.29) is 0 Å². The molecule has 0 aromatic heterocycles. The van der Waals surface area contributed by atoms with Gasteiger partial charge in [-0.05, 0) is 36.1 Å². The Morgan fingerprint density at radius 2 is 1.30 bits per heavy atom. The Morgan fingerprint density at radius 3 is 1.65 bits per heavy atom. The first-order valence-electron chi connectivity index (χ1n) is 7.20. The highest BCUT2D eigenvalue weighted by atomic mass is 32.2. The standard InChI is InChI=1S/C16H22O2S2/c1-11-3-14(8-20-10-16-6-18-16)12(2)4-13(11)7-19-9-15-5-17-15/h3-4,15-16H,5-10H2,1-2H3. The minimum Gasteiger partial charge on any atom is -0.372 e. The maximum Gasteiger partial charge on any atom is 0.0900 e. The molecule has 20 heavy (non-hydrogen) atoms. The summed E-state index contributed by atoms with van der Waals surface area (Å²) in [4.78, 5) is 0. The maximum absolute atomic E-state index is 5.25. The molecule has 1 aromatic rings. The lowest BCUT2D eigenvalue weighted by molar-refractivity contribution is 0.426. The molecular formula is C16H22O2S2. The predicted molar refractivity (Wildman–Crippen MR) is 87.7 cm³/mol. The highest BCUT2D eigenvalue weighted by Crippen LogP contribution is 2.26. The van der Waals surface area contributed by atoms with Crippen LogP contribution in [0.4, 0.5) is 0 Å². The summed E-state index contributed by atoms with van der Waals surface area (Å²) in [6, 6.07) is 4.75. The molecule has 0 radical (unpaired) electrons. The number of thioether (sulfide) groups is 2. The number of hydrogen-bond acceptors (Lipinski definition) is 4. The van der Waals surface area contributed by atoms with Crippen LogP contribution in [0.25, 0.3) is 0 Å².